The Morgan fingerprint density at radius 3 is 2.38 bits per heavy atom. The van der Waals surface area contributed by atoms with Gasteiger partial charge in [-0.3, -0.25) is 15.3 Å². The van der Waals surface area contributed by atoms with E-state index in [1.807, 2.05) is 0 Å². The number of alkyl halides is 4. The van der Waals surface area contributed by atoms with Crippen LogP contribution in [-0.2, 0) is 0 Å². The highest BCUT2D eigenvalue weighted by atomic mass is 79.9. The van der Waals surface area contributed by atoms with Crippen LogP contribution in [0.3, 0.4) is 0 Å². The summed E-state index contributed by atoms with van der Waals surface area (Å²) in [6.45, 7) is 0.501. The Morgan fingerprint density at radius 1 is 1.17 bits per heavy atom. The number of aliphatic hydroxyl groups excluding tert-OH is 1. The first-order valence-electron chi connectivity index (χ1n) is 6.90. The van der Waals surface area contributed by atoms with Gasteiger partial charge in [0.15, 0.2) is 6.35 Å². The van der Waals surface area contributed by atoms with Crippen molar-refractivity contribution in [1.29, 1.82) is 5.41 Å². The Hall–Kier alpha value is -1.84. The molecule has 0 fully saturated rings. The van der Waals surface area contributed by atoms with E-state index in [2.05, 4.69) is 26.0 Å². The Labute approximate surface area is 144 Å². The van der Waals surface area contributed by atoms with Gasteiger partial charge in [0, 0.05) is 18.1 Å². The number of hydrogen-bond acceptors (Lipinski definition) is 4. The first-order valence-corrected chi connectivity index (χ1v) is 8.03. The lowest BCUT2D eigenvalue weighted by Gasteiger charge is -2.17. The minimum atomic E-state index is -4.73. The minimum absolute atomic E-state index is 0.0883. The number of nitrogens with zero attached hydrogens (tertiary/aromatic N) is 1. The normalized spacial score (nSPS) is 12.9. The average molecular weight is 406 g/mol. The highest BCUT2D eigenvalue weighted by molar-refractivity contribution is 9.09. The monoisotopic (exact) mass is 405 g/mol. The molecule has 3 N–H and O–H groups in total. The number of hydrogen-bond donors (Lipinski definition) is 3. The zero-order valence-electron chi connectivity index (χ0n) is 12.3. The molecule has 0 saturated carbocycles. The van der Waals surface area contributed by atoms with Gasteiger partial charge in [0.25, 0.3) is 0 Å². The second-order valence-electron chi connectivity index (χ2n) is 4.80. The lowest BCUT2D eigenvalue weighted by Crippen LogP contribution is -2.34. The molecule has 0 bridgehead atoms. The smallest absolute Gasteiger partial charge is 0.406 e. The first-order chi connectivity index (χ1) is 11.3. The molecule has 0 saturated heterocycles. The van der Waals surface area contributed by atoms with Crippen molar-refractivity contribution in [3.8, 4) is 16.9 Å². The molecule has 1 heterocycles. The molecule has 2 rings (SSSR count). The number of pyridine rings is 1. The van der Waals surface area contributed by atoms with Crippen LogP contribution in [0.5, 0.6) is 5.75 Å². The summed E-state index contributed by atoms with van der Waals surface area (Å²) >= 11 is 3.23. The van der Waals surface area contributed by atoms with Gasteiger partial charge in [0.05, 0.1) is 0 Å². The molecule has 0 amide bonds. The molecule has 0 aliphatic heterocycles. The van der Waals surface area contributed by atoms with Crippen LogP contribution in [0.15, 0.2) is 42.6 Å². The van der Waals surface area contributed by atoms with Gasteiger partial charge in [-0.05, 0) is 35.4 Å². The van der Waals surface area contributed by atoms with Gasteiger partial charge in [-0.1, -0.05) is 28.1 Å². The summed E-state index contributed by atoms with van der Waals surface area (Å²) in [5, 5.41) is 21.3. The molecule has 130 valence electrons. The van der Waals surface area contributed by atoms with Gasteiger partial charge < -0.3 is 9.84 Å². The Morgan fingerprint density at radius 2 is 1.79 bits per heavy atom. The molecule has 0 aliphatic carbocycles. The molecule has 24 heavy (non-hydrogen) atoms. The lowest BCUT2D eigenvalue weighted by molar-refractivity contribution is -0.274. The van der Waals surface area contributed by atoms with Crippen molar-refractivity contribution in [2.75, 3.05) is 11.9 Å². The molecule has 1 unspecified atom stereocenters. The minimum Gasteiger partial charge on any atom is -0.406 e. The summed E-state index contributed by atoms with van der Waals surface area (Å²) in [7, 11) is 0. The molecule has 1 aromatic carbocycles. The first kappa shape index (κ1) is 18.5. The van der Waals surface area contributed by atoms with Crippen LogP contribution in [0, 0.1) is 5.41 Å². The summed E-state index contributed by atoms with van der Waals surface area (Å²) in [6, 6.07) is 8.51. The Kier molecular flexibility index (Phi) is 6.03. The zero-order valence-corrected chi connectivity index (χ0v) is 13.9. The van der Waals surface area contributed by atoms with Crippen molar-refractivity contribution in [1.82, 2.24) is 9.88 Å². The van der Waals surface area contributed by atoms with Gasteiger partial charge in [-0.25, -0.2) is 0 Å². The fraction of sp³-hybridized carbons (Fsp3) is 0.267. The second kappa shape index (κ2) is 7.82. The van der Waals surface area contributed by atoms with Crippen LogP contribution in [0.1, 0.15) is 6.35 Å². The van der Waals surface area contributed by atoms with E-state index in [4.69, 9.17) is 5.41 Å². The number of ether oxygens (including phenoxy) is 1. The highest BCUT2D eigenvalue weighted by Crippen LogP contribution is 2.26. The molecule has 5 nitrogen and oxygen atoms in total. The zero-order chi connectivity index (χ0) is 17.7. The number of halogens is 4. The van der Waals surface area contributed by atoms with Gasteiger partial charge in [-0.2, -0.15) is 0 Å². The summed E-state index contributed by atoms with van der Waals surface area (Å²) in [6.07, 6.45) is -4.26. The molecule has 0 spiro atoms. The van der Waals surface area contributed by atoms with Gasteiger partial charge >= 0.3 is 6.36 Å². The number of aromatic nitrogens is 1. The standard InChI is InChI=1S/C15H15BrF3N3O2/c16-7-8-21-14(23)22-9-11(3-6-13(22)20)10-1-4-12(5-2-10)24-15(17,18)19/h1-6,9,14,20-21,23H,7-8H2. The van der Waals surface area contributed by atoms with Crippen LogP contribution >= 0.6 is 15.9 Å². The largest absolute Gasteiger partial charge is 0.573 e. The maximum atomic E-state index is 12.2. The third-order valence-electron chi connectivity index (χ3n) is 3.08. The van der Waals surface area contributed by atoms with Crippen molar-refractivity contribution in [3.05, 3.63) is 48.1 Å². The van der Waals surface area contributed by atoms with Crippen molar-refractivity contribution < 1.29 is 23.0 Å². The number of benzene rings is 1. The third-order valence-corrected chi connectivity index (χ3v) is 3.48. The van der Waals surface area contributed by atoms with Crippen molar-refractivity contribution in [2.45, 2.75) is 12.7 Å². The molecule has 9 heteroatoms. The second-order valence-corrected chi connectivity index (χ2v) is 5.59. The quantitative estimate of drug-likeness (QED) is 0.511. The molecule has 1 aromatic heterocycles. The van der Waals surface area contributed by atoms with E-state index >= 15 is 0 Å². The van der Waals surface area contributed by atoms with Crippen LogP contribution in [0.2, 0.25) is 0 Å². The van der Waals surface area contributed by atoms with E-state index in [1.54, 1.807) is 12.3 Å². The number of aliphatic hydroxyl groups is 1. The van der Waals surface area contributed by atoms with E-state index in [9.17, 15) is 18.3 Å². The van der Waals surface area contributed by atoms with Crippen molar-refractivity contribution >= 4 is 15.9 Å². The Bertz CT molecular complexity index is 732. The van der Waals surface area contributed by atoms with Gasteiger partial charge in [-0.15, -0.1) is 13.2 Å². The average Bonchev–Trinajstić information content (AvgIpc) is 2.52. The predicted molar refractivity (Wildman–Crippen MR) is 85.5 cm³/mol. The van der Waals surface area contributed by atoms with E-state index in [0.717, 1.165) is 0 Å². The van der Waals surface area contributed by atoms with Crippen LogP contribution in [0.4, 0.5) is 13.2 Å². The lowest BCUT2D eigenvalue weighted by atomic mass is 10.1. The summed E-state index contributed by atoms with van der Waals surface area (Å²) in [5.41, 5.74) is 1.36. The van der Waals surface area contributed by atoms with Crippen LogP contribution in [-0.4, -0.2) is 27.9 Å². The number of nitrogens with one attached hydrogen (secondary N) is 2. The van der Waals surface area contributed by atoms with Crippen molar-refractivity contribution in [3.63, 3.8) is 0 Å². The summed E-state index contributed by atoms with van der Waals surface area (Å²) in [4.78, 5) is 0. The molecule has 2 aromatic rings. The van der Waals surface area contributed by atoms with Crippen LogP contribution in [0.25, 0.3) is 11.1 Å². The SMILES string of the molecule is N=c1ccc(-c2ccc(OC(F)(F)F)cc2)cn1C(O)NCCBr. The third kappa shape index (κ3) is 5.08. The maximum absolute atomic E-state index is 12.2. The van der Waals surface area contributed by atoms with Crippen molar-refractivity contribution in [2.24, 2.45) is 0 Å². The fourth-order valence-corrected chi connectivity index (χ4v) is 2.25. The molecule has 0 aliphatic rings. The van der Waals surface area contributed by atoms with E-state index in [0.29, 0.717) is 23.0 Å². The van der Waals surface area contributed by atoms with Gasteiger partial charge in [0.1, 0.15) is 11.2 Å². The van der Waals surface area contributed by atoms with Gasteiger partial charge in [0.2, 0.25) is 0 Å². The van der Waals surface area contributed by atoms with E-state index in [1.165, 1.54) is 34.9 Å². The number of rotatable bonds is 6. The highest BCUT2D eigenvalue weighted by Gasteiger charge is 2.30. The van der Waals surface area contributed by atoms with E-state index < -0.39 is 12.7 Å². The predicted octanol–water partition coefficient (Wildman–Crippen LogP) is 2.97. The maximum Gasteiger partial charge on any atom is 0.573 e. The summed E-state index contributed by atoms with van der Waals surface area (Å²) < 4.78 is 41.7. The topological polar surface area (TPSA) is 70.3 Å². The van der Waals surface area contributed by atoms with Crippen LogP contribution < -0.4 is 15.5 Å². The molecular formula is C15H15BrF3N3O2. The molecule has 0 radical (unpaired) electrons. The van der Waals surface area contributed by atoms with E-state index in [-0.39, 0.29) is 11.2 Å². The fourth-order valence-electron chi connectivity index (χ4n) is 2.02. The molecular weight excluding hydrogens is 391 g/mol. The summed E-state index contributed by atoms with van der Waals surface area (Å²) in [5.74, 6) is -0.310. The Balaban J connectivity index is 2.24. The molecule has 1 atom stereocenters.